The zero-order chi connectivity index (χ0) is 18.5. The molecule has 1 aliphatic carbocycles. The van der Waals surface area contributed by atoms with Crippen LogP contribution in [0.15, 0.2) is 12.2 Å². The van der Waals surface area contributed by atoms with Gasteiger partial charge in [0.15, 0.2) is 0 Å². The van der Waals surface area contributed by atoms with Crippen LogP contribution in [0.25, 0.3) is 0 Å². The molecule has 0 aromatic rings. The molecule has 0 radical (unpaired) electrons. The van der Waals surface area contributed by atoms with E-state index in [4.69, 9.17) is 5.11 Å². The van der Waals surface area contributed by atoms with Crippen molar-refractivity contribution in [1.82, 2.24) is 0 Å². The number of carbonyl (C=O) groups is 2. The summed E-state index contributed by atoms with van der Waals surface area (Å²) in [5.74, 6) is -0.392. The zero-order valence-corrected chi connectivity index (χ0v) is 15.8. The fraction of sp³-hybridized carbons (Fsp3) is 0.810. The summed E-state index contributed by atoms with van der Waals surface area (Å²) in [6.45, 7) is 2.15. The van der Waals surface area contributed by atoms with Crippen LogP contribution in [0.2, 0.25) is 0 Å². The highest BCUT2D eigenvalue weighted by atomic mass is 16.4. The monoisotopic (exact) mass is 352 g/mol. The number of carbonyl (C=O) groups excluding carboxylic acids is 1. The van der Waals surface area contributed by atoms with Crippen molar-refractivity contribution in [3.05, 3.63) is 12.2 Å². The van der Waals surface area contributed by atoms with E-state index in [-0.39, 0.29) is 11.8 Å². The van der Waals surface area contributed by atoms with Gasteiger partial charge in [0, 0.05) is 19.3 Å². The molecule has 0 saturated heterocycles. The molecule has 1 aliphatic rings. The van der Waals surface area contributed by atoms with Crippen molar-refractivity contribution in [3.8, 4) is 0 Å². The minimum atomic E-state index is -0.727. The molecule has 0 aliphatic heterocycles. The molecule has 1 fully saturated rings. The first-order valence-corrected chi connectivity index (χ1v) is 10.1. The molecular weight excluding hydrogens is 316 g/mol. The van der Waals surface area contributed by atoms with Crippen molar-refractivity contribution < 1.29 is 19.8 Å². The number of unbranched alkanes of at least 4 members (excludes halogenated alkanes) is 5. The van der Waals surface area contributed by atoms with E-state index in [0.717, 1.165) is 70.6 Å². The number of rotatable bonds is 13. The number of aliphatic carboxylic acids is 1. The van der Waals surface area contributed by atoms with E-state index in [1.807, 2.05) is 6.08 Å². The lowest BCUT2D eigenvalue weighted by Crippen LogP contribution is -2.27. The average molecular weight is 353 g/mol. The third-order valence-corrected chi connectivity index (χ3v) is 5.27. The molecule has 0 heterocycles. The van der Waals surface area contributed by atoms with Crippen molar-refractivity contribution in [3.63, 3.8) is 0 Å². The van der Waals surface area contributed by atoms with Gasteiger partial charge in [-0.3, -0.25) is 9.59 Å². The molecule has 0 aromatic heterocycles. The Kier molecular flexibility index (Phi) is 10.7. The Hall–Kier alpha value is -1.16. The maximum atomic E-state index is 12.0. The molecule has 4 heteroatoms. The summed E-state index contributed by atoms with van der Waals surface area (Å²) in [5, 5.41) is 18.8. The van der Waals surface area contributed by atoms with Gasteiger partial charge in [0.2, 0.25) is 0 Å². The topological polar surface area (TPSA) is 74.6 Å². The van der Waals surface area contributed by atoms with Gasteiger partial charge >= 0.3 is 5.97 Å². The van der Waals surface area contributed by atoms with Gasteiger partial charge in [-0.2, -0.15) is 0 Å². The average Bonchev–Trinajstić information content (AvgIpc) is 2.56. The molecule has 2 N–H and O–H groups in total. The first-order chi connectivity index (χ1) is 12.0. The van der Waals surface area contributed by atoms with Crippen LogP contribution < -0.4 is 0 Å². The van der Waals surface area contributed by atoms with Crippen LogP contribution in [0.4, 0.5) is 0 Å². The SMILES string of the molecule is CCCCCC(O)C=CC1(CCCCCCC(=O)O)CCCC(=O)C1. The van der Waals surface area contributed by atoms with Gasteiger partial charge in [-0.25, -0.2) is 0 Å². The quantitative estimate of drug-likeness (QED) is 0.360. The number of Topliss-reactive ketones (excluding diaryl/α,β-unsaturated/α-hetero) is 1. The summed E-state index contributed by atoms with van der Waals surface area (Å²) in [6.07, 6.45) is 15.9. The van der Waals surface area contributed by atoms with Crippen molar-refractivity contribution >= 4 is 11.8 Å². The second-order valence-corrected chi connectivity index (χ2v) is 7.66. The zero-order valence-electron chi connectivity index (χ0n) is 15.8. The Morgan fingerprint density at radius 1 is 1.20 bits per heavy atom. The largest absolute Gasteiger partial charge is 0.481 e. The van der Waals surface area contributed by atoms with Gasteiger partial charge in [-0.05, 0) is 37.5 Å². The summed E-state index contributed by atoms with van der Waals surface area (Å²) < 4.78 is 0. The molecule has 1 saturated carbocycles. The third-order valence-electron chi connectivity index (χ3n) is 5.27. The van der Waals surface area contributed by atoms with Crippen LogP contribution >= 0.6 is 0 Å². The molecule has 2 atom stereocenters. The van der Waals surface area contributed by atoms with Crippen LogP contribution in [-0.4, -0.2) is 28.1 Å². The molecular formula is C21H36O4. The number of hydrogen-bond acceptors (Lipinski definition) is 3. The maximum Gasteiger partial charge on any atom is 0.303 e. The van der Waals surface area contributed by atoms with E-state index in [9.17, 15) is 14.7 Å². The predicted molar refractivity (Wildman–Crippen MR) is 101 cm³/mol. The molecule has 0 aromatic carbocycles. The summed E-state index contributed by atoms with van der Waals surface area (Å²) in [6, 6.07) is 0. The van der Waals surface area contributed by atoms with Gasteiger partial charge in [-0.1, -0.05) is 57.6 Å². The molecule has 2 unspecified atom stereocenters. The lowest BCUT2D eigenvalue weighted by Gasteiger charge is -2.34. The fourth-order valence-electron chi connectivity index (χ4n) is 3.77. The first-order valence-electron chi connectivity index (χ1n) is 10.1. The van der Waals surface area contributed by atoms with Gasteiger partial charge in [0.1, 0.15) is 5.78 Å². The molecule has 144 valence electrons. The Labute approximate surface area is 152 Å². The van der Waals surface area contributed by atoms with Crippen molar-refractivity contribution in [2.75, 3.05) is 0 Å². The van der Waals surface area contributed by atoms with Gasteiger partial charge in [0.05, 0.1) is 6.10 Å². The van der Waals surface area contributed by atoms with E-state index in [2.05, 4.69) is 13.0 Å². The smallest absolute Gasteiger partial charge is 0.303 e. The standard InChI is InChI=1S/C21H36O4/c1-2-3-6-10-18(22)13-16-21(15-9-11-19(23)17-21)14-8-5-4-7-12-20(24)25/h13,16,18,22H,2-12,14-15,17H2,1H3,(H,24,25). The molecule has 1 rings (SSSR count). The highest BCUT2D eigenvalue weighted by molar-refractivity contribution is 5.80. The van der Waals surface area contributed by atoms with Crippen LogP contribution in [0.5, 0.6) is 0 Å². The number of aliphatic hydroxyl groups is 1. The van der Waals surface area contributed by atoms with E-state index >= 15 is 0 Å². The van der Waals surface area contributed by atoms with Crippen molar-refractivity contribution in [2.24, 2.45) is 5.41 Å². The number of allylic oxidation sites excluding steroid dienone is 1. The number of ketones is 1. The number of carboxylic acid groups (broad SMARTS) is 1. The molecule has 4 nitrogen and oxygen atoms in total. The van der Waals surface area contributed by atoms with Crippen LogP contribution in [-0.2, 0) is 9.59 Å². The molecule has 0 amide bonds. The first kappa shape index (κ1) is 21.9. The van der Waals surface area contributed by atoms with Crippen LogP contribution in [0.3, 0.4) is 0 Å². The fourth-order valence-corrected chi connectivity index (χ4v) is 3.77. The highest BCUT2D eigenvalue weighted by Crippen LogP contribution is 2.41. The summed E-state index contributed by atoms with van der Waals surface area (Å²) in [4.78, 5) is 22.5. The predicted octanol–water partition coefficient (Wildman–Crippen LogP) is 5.04. The minimum absolute atomic E-state index is 0.0894. The molecule has 0 bridgehead atoms. The van der Waals surface area contributed by atoms with Crippen molar-refractivity contribution in [2.45, 2.75) is 103 Å². The van der Waals surface area contributed by atoms with E-state index in [1.54, 1.807) is 0 Å². The van der Waals surface area contributed by atoms with Gasteiger partial charge in [0.25, 0.3) is 0 Å². The second-order valence-electron chi connectivity index (χ2n) is 7.66. The number of carboxylic acids is 1. The Morgan fingerprint density at radius 2 is 1.96 bits per heavy atom. The Balaban J connectivity index is 2.47. The summed E-state index contributed by atoms with van der Waals surface area (Å²) in [7, 11) is 0. The summed E-state index contributed by atoms with van der Waals surface area (Å²) in [5.41, 5.74) is -0.0894. The summed E-state index contributed by atoms with van der Waals surface area (Å²) >= 11 is 0. The van der Waals surface area contributed by atoms with Crippen molar-refractivity contribution in [1.29, 1.82) is 0 Å². The lowest BCUT2D eigenvalue weighted by atomic mass is 9.70. The second kappa shape index (κ2) is 12.2. The normalized spacial score (nSPS) is 22.4. The third kappa shape index (κ3) is 9.78. The minimum Gasteiger partial charge on any atom is -0.481 e. The van der Waals surface area contributed by atoms with E-state index in [1.165, 1.54) is 0 Å². The van der Waals surface area contributed by atoms with Crippen LogP contribution in [0.1, 0.15) is 96.8 Å². The lowest BCUT2D eigenvalue weighted by molar-refractivity contribution is -0.137. The number of aliphatic hydroxyl groups excluding tert-OH is 1. The van der Waals surface area contributed by atoms with Gasteiger partial charge in [-0.15, -0.1) is 0 Å². The Bertz CT molecular complexity index is 430. The molecule has 25 heavy (non-hydrogen) atoms. The van der Waals surface area contributed by atoms with E-state index in [0.29, 0.717) is 18.6 Å². The Morgan fingerprint density at radius 3 is 2.64 bits per heavy atom. The van der Waals surface area contributed by atoms with Crippen LogP contribution in [0, 0.1) is 5.41 Å². The molecule has 0 spiro atoms. The highest BCUT2D eigenvalue weighted by Gasteiger charge is 2.32. The van der Waals surface area contributed by atoms with Gasteiger partial charge < -0.3 is 10.2 Å². The van der Waals surface area contributed by atoms with E-state index < -0.39 is 12.1 Å². The number of hydrogen-bond donors (Lipinski definition) is 2. The maximum absolute atomic E-state index is 12.0.